The molecule has 5 heteroatoms. The van der Waals surface area contributed by atoms with Crippen LogP contribution in [0.25, 0.3) is 0 Å². The van der Waals surface area contributed by atoms with Crippen molar-refractivity contribution < 1.29 is 14.0 Å². The van der Waals surface area contributed by atoms with Crippen molar-refractivity contribution in [2.24, 2.45) is 0 Å². The van der Waals surface area contributed by atoms with Crippen LogP contribution in [0.15, 0.2) is 36.9 Å². The standard InChI is InChI=1S/C13H13FN2O2/c1-2-11(17)16-8-7-15-13(18)12(16)9-5-3-4-6-10(9)14/h2-6,12H,1,7-8H2,(H,15,18). The third-order valence-electron chi connectivity index (χ3n) is 2.87. The third kappa shape index (κ3) is 2.11. The van der Waals surface area contributed by atoms with Crippen LogP contribution >= 0.6 is 0 Å². The fraction of sp³-hybridized carbons (Fsp3) is 0.231. The number of piperazine rings is 1. The summed E-state index contributed by atoms with van der Waals surface area (Å²) in [5, 5.41) is 2.63. The molecule has 1 N–H and O–H groups in total. The van der Waals surface area contributed by atoms with Gasteiger partial charge in [-0.2, -0.15) is 0 Å². The molecule has 0 aromatic heterocycles. The van der Waals surface area contributed by atoms with E-state index >= 15 is 0 Å². The van der Waals surface area contributed by atoms with Gasteiger partial charge in [0.15, 0.2) is 0 Å². The van der Waals surface area contributed by atoms with Gasteiger partial charge < -0.3 is 10.2 Å². The lowest BCUT2D eigenvalue weighted by molar-refractivity contribution is -0.140. The fourth-order valence-electron chi connectivity index (χ4n) is 2.03. The number of halogens is 1. The Kier molecular flexibility index (Phi) is 3.41. The molecule has 0 aliphatic carbocycles. The second kappa shape index (κ2) is 5.00. The molecular formula is C13H13FN2O2. The maximum absolute atomic E-state index is 13.7. The molecule has 2 rings (SSSR count). The normalized spacial score (nSPS) is 19.3. The first-order chi connectivity index (χ1) is 8.65. The van der Waals surface area contributed by atoms with E-state index in [0.29, 0.717) is 13.1 Å². The van der Waals surface area contributed by atoms with E-state index in [1.165, 1.54) is 17.0 Å². The van der Waals surface area contributed by atoms with Crippen LogP contribution in [0.4, 0.5) is 4.39 Å². The molecule has 1 aliphatic rings. The van der Waals surface area contributed by atoms with Crippen molar-refractivity contribution in [1.29, 1.82) is 0 Å². The Labute approximate surface area is 104 Å². The molecular weight excluding hydrogens is 235 g/mol. The summed E-state index contributed by atoms with van der Waals surface area (Å²) in [5.74, 6) is -1.25. The number of hydrogen-bond acceptors (Lipinski definition) is 2. The molecule has 0 saturated carbocycles. The number of nitrogens with zero attached hydrogens (tertiary/aromatic N) is 1. The van der Waals surface area contributed by atoms with Gasteiger partial charge in [0.05, 0.1) is 0 Å². The van der Waals surface area contributed by atoms with Crippen molar-refractivity contribution in [2.75, 3.05) is 13.1 Å². The molecule has 1 aromatic carbocycles. The minimum Gasteiger partial charge on any atom is -0.352 e. The van der Waals surface area contributed by atoms with Crippen molar-refractivity contribution in [3.8, 4) is 0 Å². The van der Waals surface area contributed by atoms with Gasteiger partial charge in [0.2, 0.25) is 11.8 Å². The monoisotopic (exact) mass is 248 g/mol. The molecule has 2 amide bonds. The predicted octanol–water partition coefficient (Wildman–Crippen LogP) is 1.01. The molecule has 1 heterocycles. The molecule has 94 valence electrons. The quantitative estimate of drug-likeness (QED) is 0.794. The second-order valence-corrected chi connectivity index (χ2v) is 3.95. The Morgan fingerprint density at radius 1 is 1.50 bits per heavy atom. The highest BCUT2D eigenvalue weighted by Gasteiger charge is 2.34. The van der Waals surface area contributed by atoms with E-state index in [1.807, 2.05) is 0 Å². The highest BCUT2D eigenvalue weighted by Crippen LogP contribution is 2.25. The van der Waals surface area contributed by atoms with E-state index in [2.05, 4.69) is 11.9 Å². The average molecular weight is 248 g/mol. The third-order valence-corrected chi connectivity index (χ3v) is 2.87. The number of carbonyl (C=O) groups excluding carboxylic acids is 2. The van der Waals surface area contributed by atoms with E-state index in [0.717, 1.165) is 6.08 Å². The topological polar surface area (TPSA) is 49.4 Å². The molecule has 1 aliphatic heterocycles. The smallest absolute Gasteiger partial charge is 0.247 e. The van der Waals surface area contributed by atoms with Gasteiger partial charge in [-0.05, 0) is 12.1 Å². The maximum Gasteiger partial charge on any atom is 0.247 e. The Hall–Kier alpha value is -2.17. The number of rotatable bonds is 2. The van der Waals surface area contributed by atoms with Crippen molar-refractivity contribution in [3.63, 3.8) is 0 Å². The van der Waals surface area contributed by atoms with Crippen molar-refractivity contribution in [3.05, 3.63) is 48.3 Å². The zero-order chi connectivity index (χ0) is 13.1. The molecule has 1 saturated heterocycles. The molecule has 0 bridgehead atoms. The Balaban J connectivity index is 2.42. The van der Waals surface area contributed by atoms with Crippen LogP contribution in [0, 0.1) is 5.82 Å². The maximum atomic E-state index is 13.7. The highest BCUT2D eigenvalue weighted by atomic mass is 19.1. The number of hydrogen-bond donors (Lipinski definition) is 1. The van der Waals surface area contributed by atoms with Gasteiger partial charge in [-0.25, -0.2) is 4.39 Å². The van der Waals surface area contributed by atoms with E-state index < -0.39 is 11.9 Å². The zero-order valence-electron chi connectivity index (χ0n) is 9.73. The predicted molar refractivity (Wildman–Crippen MR) is 64.1 cm³/mol. The highest BCUT2D eigenvalue weighted by molar-refractivity contribution is 5.94. The fourth-order valence-corrected chi connectivity index (χ4v) is 2.03. The van der Waals surface area contributed by atoms with Crippen molar-refractivity contribution in [1.82, 2.24) is 10.2 Å². The summed E-state index contributed by atoms with van der Waals surface area (Å²) in [6, 6.07) is 5.03. The van der Waals surface area contributed by atoms with Crippen LogP contribution < -0.4 is 5.32 Å². The van der Waals surface area contributed by atoms with E-state index in [1.54, 1.807) is 12.1 Å². The molecule has 0 radical (unpaired) electrons. The van der Waals surface area contributed by atoms with Gasteiger partial charge in [0.1, 0.15) is 11.9 Å². The first-order valence-corrected chi connectivity index (χ1v) is 5.60. The average Bonchev–Trinajstić information content (AvgIpc) is 2.39. The van der Waals surface area contributed by atoms with Crippen LogP contribution in [-0.4, -0.2) is 29.8 Å². The summed E-state index contributed by atoms with van der Waals surface area (Å²) in [6.45, 7) is 4.10. The lowest BCUT2D eigenvalue weighted by Gasteiger charge is -2.34. The lowest BCUT2D eigenvalue weighted by atomic mass is 10.0. The lowest BCUT2D eigenvalue weighted by Crippen LogP contribution is -2.52. The molecule has 1 unspecified atom stereocenters. The van der Waals surface area contributed by atoms with Crippen LogP contribution in [0.5, 0.6) is 0 Å². The Morgan fingerprint density at radius 2 is 2.22 bits per heavy atom. The van der Waals surface area contributed by atoms with Gasteiger partial charge in [-0.3, -0.25) is 9.59 Å². The number of carbonyl (C=O) groups is 2. The van der Waals surface area contributed by atoms with Crippen LogP contribution in [-0.2, 0) is 9.59 Å². The van der Waals surface area contributed by atoms with Crippen molar-refractivity contribution >= 4 is 11.8 Å². The summed E-state index contributed by atoms with van der Waals surface area (Å²) >= 11 is 0. The van der Waals surface area contributed by atoms with Crippen LogP contribution in [0.3, 0.4) is 0 Å². The molecule has 1 fully saturated rings. The Morgan fingerprint density at radius 3 is 2.89 bits per heavy atom. The largest absolute Gasteiger partial charge is 0.352 e. The van der Waals surface area contributed by atoms with E-state index in [-0.39, 0.29) is 17.4 Å². The van der Waals surface area contributed by atoms with Crippen LogP contribution in [0.2, 0.25) is 0 Å². The van der Waals surface area contributed by atoms with Crippen molar-refractivity contribution in [2.45, 2.75) is 6.04 Å². The first kappa shape index (κ1) is 12.3. The zero-order valence-corrected chi connectivity index (χ0v) is 9.73. The van der Waals surface area contributed by atoms with Gasteiger partial charge in [-0.1, -0.05) is 24.8 Å². The van der Waals surface area contributed by atoms with Gasteiger partial charge in [0.25, 0.3) is 0 Å². The second-order valence-electron chi connectivity index (χ2n) is 3.95. The van der Waals surface area contributed by atoms with Gasteiger partial charge >= 0.3 is 0 Å². The number of benzene rings is 1. The summed E-state index contributed by atoms with van der Waals surface area (Å²) in [6.07, 6.45) is 1.13. The molecule has 1 atom stereocenters. The summed E-state index contributed by atoms with van der Waals surface area (Å²) in [4.78, 5) is 24.9. The molecule has 4 nitrogen and oxygen atoms in total. The van der Waals surface area contributed by atoms with Gasteiger partial charge in [-0.15, -0.1) is 0 Å². The molecule has 18 heavy (non-hydrogen) atoms. The summed E-state index contributed by atoms with van der Waals surface area (Å²) < 4.78 is 13.7. The SMILES string of the molecule is C=CC(=O)N1CCNC(=O)C1c1ccccc1F. The molecule has 0 spiro atoms. The van der Waals surface area contributed by atoms with E-state index in [9.17, 15) is 14.0 Å². The van der Waals surface area contributed by atoms with Crippen LogP contribution in [0.1, 0.15) is 11.6 Å². The minimum absolute atomic E-state index is 0.199. The minimum atomic E-state index is -0.926. The van der Waals surface area contributed by atoms with Gasteiger partial charge in [0, 0.05) is 18.7 Å². The summed E-state index contributed by atoms with van der Waals surface area (Å²) in [5.41, 5.74) is 0.199. The Bertz CT molecular complexity index is 502. The molecule has 1 aromatic rings. The number of amides is 2. The van der Waals surface area contributed by atoms with E-state index in [4.69, 9.17) is 0 Å². The number of nitrogens with one attached hydrogen (secondary N) is 1. The summed E-state index contributed by atoms with van der Waals surface area (Å²) in [7, 11) is 0. The first-order valence-electron chi connectivity index (χ1n) is 5.60.